The standard InChI is InChI=1S/C40H68O12/c1-35(2)26(52-34-31(47)29(45)22(43)18-50-34)12-14-38(6)25-10-9-24-37(5)13-11-19(36(3,4)48)27(37)20(41)15-39(24,7)40(25,8)16-23(32(35)38)51-33-30(46)28(44)21(42)17-49-33/h19-34,41-48H,9-18H2,1-8H3/t19-,20-,21+,22+,23-,24+,25+,26-,27+,28-,29-,30+,31+,32-,33-,34-,37+,38+,39+,40+/m0/s1. The molecule has 2 saturated heterocycles. The van der Waals surface area contributed by atoms with Crippen LogP contribution < -0.4 is 0 Å². The highest BCUT2D eigenvalue weighted by molar-refractivity contribution is 5.23. The lowest BCUT2D eigenvalue weighted by molar-refractivity contribution is -0.348. The summed E-state index contributed by atoms with van der Waals surface area (Å²) in [5.41, 5.74) is -2.48. The molecule has 0 unspecified atom stereocenters. The van der Waals surface area contributed by atoms with E-state index in [-0.39, 0.29) is 58.5 Å². The zero-order chi connectivity index (χ0) is 38.1. The molecule has 8 N–H and O–H groups in total. The van der Waals surface area contributed by atoms with Crippen molar-refractivity contribution in [2.24, 2.45) is 56.7 Å². The van der Waals surface area contributed by atoms with Crippen LogP contribution in [0.2, 0.25) is 0 Å². The third kappa shape index (κ3) is 5.66. The number of hydrogen-bond donors (Lipinski definition) is 8. The maximum atomic E-state index is 12.2. The molecule has 12 nitrogen and oxygen atoms in total. The predicted molar refractivity (Wildman–Crippen MR) is 188 cm³/mol. The lowest BCUT2D eigenvalue weighted by atomic mass is 9.31. The molecule has 0 aromatic carbocycles. The van der Waals surface area contributed by atoms with Gasteiger partial charge in [-0.25, -0.2) is 0 Å². The highest BCUT2D eigenvalue weighted by atomic mass is 16.7. The van der Waals surface area contributed by atoms with Crippen molar-refractivity contribution in [2.75, 3.05) is 13.2 Å². The van der Waals surface area contributed by atoms with E-state index in [2.05, 4.69) is 41.5 Å². The minimum absolute atomic E-state index is 0.00640. The third-order valence-corrected chi connectivity index (χ3v) is 17.1. The van der Waals surface area contributed by atoms with E-state index in [1.54, 1.807) is 0 Å². The number of aliphatic hydroxyl groups is 8. The summed E-state index contributed by atoms with van der Waals surface area (Å²) in [6.07, 6.45) is -5.33. The summed E-state index contributed by atoms with van der Waals surface area (Å²) in [5.74, 6) is 0.451. The largest absolute Gasteiger partial charge is 0.393 e. The molecular weight excluding hydrogens is 672 g/mol. The van der Waals surface area contributed by atoms with Crippen LogP contribution in [-0.4, -0.2) is 127 Å². The van der Waals surface area contributed by atoms with Crippen LogP contribution in [-0.2, 0) is 18.9 Å². The molecule has 7 rings (SSSR count). The molecule has 0 amide bonds. The first kappa shape index (κ1) is 39.7. The molecule has 5 aliphatic carbocycles. The second kappa shape index (κ2) is 13.0. The van der Waals surface area contributed by atoms with Gasteiger partial charge in [-0.2, -0.15) is 0 Å². The van der Waals surface area contributed by atoms with Gasteiger partial charge in [0.25, 0.3) is 0 Å². The fraction of sp³-hybridized carbons (Fsp3) is 1.00. The smallest absolute Gasteiger partial charge is 0.186 e. The number of fused-ring (bicyclic) bond motifs is 7. The Kier molecular flexibility index (Phi) is 9.96. The molecule has 12 heteroatoms. The van der Waals surface area contributed by atoms with Gasteiger partial charge in [-0.05, 0) is 122 Å². The Hall–Kier alpha value is -0.480. The second-order valence-electron chi connectivity index (χ2n) is 20.5. The van der Waals surface area contributed by atoms with E-state index in [0.717, 1.165) is 32.1 Å². The van der Waals surface area contributed by atoms with Crippen molar-refractivity contribution in [2.45, 2.75) is 180 Å². The number of ether oxygens (including phenoxy) is 4. The van der Waals surface area contributed by atoms with Crippen LogP contribution in [0.25, 0.3) is 0 Å². The fourth-order valence-electron chi connectivity index (χ4n) is 14.7. The summed E-state index contributed by atoms with van der Waals surface area (Å²) < 4.78 is 25.1. The van der Waals surface area contributed by atoms with Gasteiger partial charge in [-0.15, -0.1) is 0 Å². The summed E-state index contributed by atoms with van der Waals surface area (Å²) in [5, 5.41) is 86.9. The second-order valence-corrected chi connectivity index (χ2v) is 20.5. The summed E-state index contributed by atoms with van der Waals surface area (Å²) in [4.78, 5) is 0. The van der Waals surface area contributed by atoms with Gasteiger partial charge in [0, 0.05) is 0 Å². The van der Waals surface area contributed by atoms with E-state index >= 15 is 0 Å². The molecular formula is C40H68O12. The quantitative estimate of drug-likeness (QED) is 0.191. The van der Waals surface area contributed by atoms with E-state index in [4.69, 9.17) is 18.9 Å². The SMILES string of the molecule is CC(C)(O)[C@H]1CC[C@@]2(C)[C@H]1[C@@H](O)C[C@]1(C)[C@@H]2CC[C@@H]2[C@@]3(C)CC[C@H](O[C@@H]4OC[C@@H](O)[C@H](O)[C@H]4O)C(C)(C)[C@@H]3[C@@H](O[C@@H]3OC[C@@H](O)[C@H](O)[C@H]3O)C[C@]21C. The fourth-order valence-corrected chi connectivity index (χ4v) is 14.7. The van der Waals surface area contributed by atoms with Crippen LogP contribution >= 0.6 is 0 Å². The summed E-state index contributed by atoms with van der Waals surface area (Å²) >= 11 is 0. The van der Waals surface area contributed by atoms with Crippen molar-refractivity contribution in [3.63, 3.8) is 0 Å². The molecule has 300 valence electrons. The Morgan fingerprint density at radius 3 is 1.65 bits per heavy atom. The molecule has 7 fully saturated rings. The highest BCUT2D eigenvalue weighted by Gasteiger charge is 2.74. The molecule has 2 aliphatic heterocycles. The molecule has 0 spiro atoms. The van der Waals surface area contributed by atoms with Crippen LogP contribution in [0, 0.1) is 56.7 Å². The monoisotopic (exact) mass is 740 g/mol. The summed E-state index contributed by atoms with van der Waals surface area (Å²) in [6.45, 7) is 17.3. The van der Waals surface area contributed by atoms with Crippen molar-refractivity contribution in [3.8, 4) is 0 Å². The molecule has 5 saturated carbocycles. The Morgan fingerprint density at radius 1 is 0.596 bits per heavy atom. The lowest BCUT2D eigenvalue weighted by Gasteiger charge is -2.75. The zero-order valence-electron chi connectivity index (χ0n) is 32.5. The molecule has 0 aromatic rings. The first-order valence-corrected chi connectivity index (χ1v) is 20.1. The van der Waals surface area contributed by atoms with Crippen molar-refractivity contribution < 1.29 is 59.8 Å². The molecule has 52 heavy (non-hydrogen) atoms. The number of hydrogen-bond acceptors (Lipinski definition) is 12. The van der Waals surface area contributed by atoms with Crippen LogP contribution in [0.5, 0.6) is 0 Å². The number of aliphatic hydroxyl groups excluding tert-OH is 7. The first-order chi connectivity index (χ1) is 24.0. The van der Waals surface area contributed by atoms with Gasteiger partial charge in [-0.3, -0.25) is 0 Å². The predicted octanol–water partition coefficient (Wildman–Crippen LogP) is 2.09. The first-order valence-electron chi connectivity index (χ1n) is 20.1. The maximum absolute atomic E-state index is 12.2. The Morgan fingerprint density at radius 2 is 1.10 bits per heavy atom. The Balaban J connectivity index is 1.26. The van der Waals surface area contributed by atoms with Gasteiger partial charge in [0.05, 0.1) is 37.1 Å². The van der Waals surface area contributed by atoms with Gasteiger partial charge in [0.1, 0.15) is 36.6 Å². The highest BCUT2D eigenvalue weighted by Crippen LogP contribution is 2.78. The Labute approximate surface area is 309 Å². The topological polar surface area (TPSA) is 199 Å². The summed E-state index contributed by atoms with van der Waals surface area (Å²) in [7, 11) is 0. The average Bonchev–Trinajstić information content (AvgIpc) is 3.42. The van der Waals surface area contributed by atoms with Crippen molar-refractivity contribution in [1.82, 2.24) is 0 Å². The maximum Gasteiger partial charge on any atom is 0.186 e. The van der Waals surface area contributed by atoms with Gasteiger partial charge in [-0.1, -0.05) is 41.5 Å². The van der Waals surface area contributed by atoms with Crippen molar-refractivity contribution >= 4 is 0 Å². The van der Waals surface area contributed by atoms with E-state index in [1.165, 1.54) is 0 Å². The molecule has 0 bridgehead atoms. The van der Waals surface area contributed by atoms with E-state index in [9.17, 15) is 40.9 Å². The van der Waals surface area contributed by atoms with E-state index in [1.807, 2.05) is 13.8 Å². The van der Waals surface area contributed by atoms with Gasteiger partial charge in [0.15, 0.2) is 12.6 Å². The third-order valence-electron chi connectivity index (χ3n) is 17.1. The van der Waals surface area contributed by atoms with Gasteiger partial charge in [0.2, 0.25) is 0 Å². The van der Waals surface area contributed by atoms with Crippen LogP contribution in [0.3, 0.4) is 0 Å². The Bertz CT molecular complexity index is 1320. The lowest BCUT2D eigenvalue weighted by Crippen LogP contribution is -2.72. The van der Waals surface area contributed by atoms with Gasteiger partial charge >= 0.3 is 0 Å². The van der Waals surface area contributed by atoms with Crippen LogP contribution in [0.4, 0.5) is 0 Å². The molecule has 0 aromatic heterocycles. The number of rotatable bonds is 5. The molecule has 7 aliphatic rings. The normalized spacial score (nSPS) is 57.7. The van der Waals surface area contributed by atoms with Crippen LogP contribution in [0.15, 0.2) is 0 Å². The average molecular weight is 741 g/mol. The molecule has 0 radical (unpaired) electrons. The van der Waals surface area contributed by atoms with Crippen LogP contribution in [0.1, 0.15) is 107 Å². The van der Waals surface area contributed by atoms with E-state index < -0.39 is 78.5 Å². The minimum Gasteiger partial charge on any atom is -0.393 e. The summed E-state index contributed by atoms with van der Waals surface area (Å²) in [6, 6.07) is 0. The minimum atomic E-state index is -1.46. The zero-order valence-corrected chi connectivity index (χ0v) is 32.5. The van der Waals surface area contributed by atoms with E-state index in [0.29, 0.717) is 25.2 Å². The van der Waals surface area contributed by atoms with Gasteiger partial charge < -0.3 is 59.8 Å². The van der Waals surface area contributed by atoms with Crippen molar-refractivity contribution in [1.29, 1.82) is 0 Å². The van der Waals surface area contributed by atoms with Crippen molar-refractivity contribution in [3.05, 3.63) is 0 Å². The molecule has 2 heterocycles. The molecule has 20 atom stereocenters.